The molecule has 0 saturated carbocycles. The van der Waals surface area contributed by atoms with Crippen molar-refractivity contribution in [3.8, 4) is 5.75 Å². The van der Waals surface area contributed by atoms with Gasteiger partial charge in [-0.3, -0.25) is 4.79 Å². The van der Waals surface area contributed by atoms with Crippen LogP contribution in [0.1, 0.15) is 6.42 Å². The van der Waals surface area contributed by atoms with E-state index in [1.54, 1.807) is 0 Å². The highest BCUT2D eigenvalue weighted by molar-refractivity contribution is 7.89. The Kier molecular flexibility index (Phi) is 6.43. The largest absolute Gasteiger partial charge is 0.508 e. The van der Waals surface area contributed by atoms with Crippen LogP contribution in [-0.2, 0) is 19.6 Å². The number of sulfonamides is 1. The highest BCUT2D eigenvalue weighted by Crippen LogP contribution is 2.13. The van der Waals surface area contributed by atoms with Crippen molar-refractivity contribution < 1.29 is 23.1 Å². The maximum atomic E-state index is 11.8. The van der Waals surface area contributed by atoms with Crippen LogP contribution < -0.4 is 10.0 Å². The van der Waals surface area contributed by atoms with E-state index in [4.69, 9.17) is 9.84 Å². The van der Waals surface area contributed by atoms with E-state index in [0.29, 0.717) is 13.2 Å². The molecular formula is C12H18N2O5S. The van der Waals surface area contributed by atoms with Gasteiger partial charge in [-0.1, -0.05) is 0 Å². The fourth-order valence-corrected chi connectivity index (χ4v) is 2.42. The summed E-state index contributed by atoms with van der Waals surface area (Å²) in [7, 11) is -2.14. The molecule has 0 unspecified atom stereocenters. The summed E-state index contributed by atoms with van der Waals surface area (Å²) in [6.07, 6.45) is 0.0427. The molecule has 0 radical (unpaired) electrons. The monoisotopic (exact) mass is 302 g/mol. The van der Waals surface area contributed by atoms with Crippen molar-refractivity contribution >= 4 is 15.9 Å². The molecule has 1 aromatic carbocycles. The van der Waals surface area contributed by atoms with Gasteiger partial charge in [-0.15, -0.1) is 0 Å². The summed E-state index contributed by atoms with van der Waals surface area (Å²) in [6, 6.07) is 5.14. The van der Waals surface area contributed by atoms with Crippen LogP contribution in [0, 0.1) is 0 Å². The molecule has 0 aliphatic heterocycles. The maximum absolute atomic E-state index is 11.8. The average Bonchev–Trinajstić information content (AvgIpc) is 2.39. The van der Waals surface area contributed by atoms with E-state index in [2.05, 4.69) is 10.0 Å². The molecule has 0 saturated heterocycles. The van der Waals surface area contributed by atoms with Gasteiger partial charge in [-0.25, -0.2) is 13.1 Å². The fraction of sp³-hybridized carbons (Fsp3) is 0.417. The lowest BCUT2D eigenvalue weighted by Crippen LogP contribution is -2.32. The van der Waals surface area contributed by atoms with Crippen LogP contribution in [0.5, 0.6) is 5.75 Å². The van der Waals surface area contributed by atoms with Crippen LogP contribution in [0.2, 0.25) is 0 Å². The van der Waals surface area contributed by atoms with Crippen molar-refractivity contribution in [2.75, 3.05) is 26.8 Å². The predicted molar refractivity (Wildman–Crippen MR) is 72.8 cm³/mol. The lowest BCUT2D eigenvalue weighted by Gasteiger charge is -2.07. The summed E-state index contributed by atoms with van der Waals surface area (Å²) in [5.74, 6) is -0.267. The van der Waals surface area contributed by atoms with Crippen LogP contribution >= 0.6 is 0 Å². The van der Waals surface area contributed by atoms with Gasteiger partial charge >= 0.3 is 0 Å². The molecule has 3 N–H and O–H groups in total. The molecule has 112 valence electrons. The summed E-state index contributed by atoms with van der Waals surface area (Å²) < 4.78 is 30.8. The Morgan fingerprint density at radius 2 is 1.90 bits per heavy atom. The normalized spacial score (nSPS) is 11.2. The van der Waals surface area contributed by atoms with Gasteiger partial charge in [0.1, 0.15) is 5.75 Å². The van der Waals surface area contributed by atoms with Crippen LogP contribution in [0.25, 0.3) is 0 Å². The van der Waals surface area contributed by atoms with Crippen LogP contribution in [-0.4, -0.2) is 46.2 Å². The molecule has 1 amide bonds. The number of amides is 1. The van der Waals surface area contributed by atoms with Crippen molar-refractivity contribution in [3.05, 3.63) is 24.3 Å². The van der Waals surface area contributed by atoms with Crippen LogP contribution in [0.15, 0.2) is 29.2 Å². The van der Waals surface area contributed by atoms with Gasteiger partial charge in [0.05, 0.1) is 11.5 Å². The maximum Gasteiger partial charge on any atom is 0.240 e. The SMILES string of the molecule is COCCNC(=O)CCNS(=O)(=O)c1ccc(O)cc1. The van der Waals surface area contributed by atoms with Gasteiger partial charge in [-0.05, 0) is 24.3 Å². The van der Waals surface area contributed by atoms with Gasteiger partial charge < -0.3 is 15.2 Å². The van der Waals surface area contributed by atoms with Crippen molar-refractivity contribution in [2.45, 2.75) is 11.3 Å². The van der Waals surface area contributed by atoms with Crippen molar-refractivity contribution in [1.29, 1.82) is 0 Å². The Morgan fingerprint density at radius 1 is 1.25 bits per heavy atom. The van der Waals surface area contributed by atoms with Crippen molar-refractivity contribution in [1.82, 2.24) is 10.0 Å². The zero-order chi connectivity index (χ0) is 15.0. The van der Waals surface area contributed by atoms with Gasteiger partial charge in [0, 0.05) is 26.6 Å². The summed E-state index contributed by atoms with van der Waals surface area (Å²) in [4.78, 5) is 11.4. The second-order valence-corrected chi connectivity index (χ2v) is 5.75. The summed E-state index contributed by atoms with van der Waals surface area (Å²) in [6.45, 7) is 0.799. The molecule has 0 bridgehead atoms. The molecule has 1 aromatic rings. The molecule has 0 aliphatic carbocycles. The third kappa shape index (κ3) is 5.55. The molecule has 8 heteroatoms. The molecule has 0 fully saturated rings. The first kappa shape index (κ1) is 16.4. The Balaban J connectivity index is 2.40. The quantitative estimate of drug-likeness (QED) is 0.578. The van der Waals surface area contributed by atoms with Crippen molar-refractivity contribution in [3.63, 3.8) is 0 Å². The number of aromatic hydroxyl groups is 1. The van der Waals surface area contributed by atoms with E-state index < -0.39 is 10.0 Å². The summed E-state index contributed by atoms with van der Waals surface area (Å²) in [5.41, 5.74) is 0. The molecule has 20 heavy (non-hydrogen) atoms. The highest BCUT2D eigenvalue weighted by Gasteiger charge is 2.13. The molecule has 0 aromatic heterocycles. The highest BCUT2D eigenvalue weighted by atomic mass is 32.2. The Hall–Kier alpha value is -1.64. The number of benzene rings is 1. The predicted octanol–water partition coefficient (Wildman–Crippen LogP) is -0.177. The van der Waals surface area contributed by atoms with E-state index in [-0.39, 0.29) is 29.5 Å². The average molecular weight is 302 g/mol. The van der Waals surface area contributed by atoms with E-state index in [0.717, 1.165) is 0 Å². The standard InChI is InChI=1S/C12H18N2O5S/c1-19-9-8-13-12(16)6-7-14-20(17,18)11-4-2-10(15)3-5-11/h2-5,14-15H,6-9H2,1H3,(H,13,16). The molecular weight excluding hydrogens is 284 g/mol. The molecule has 0 heterocycles. The molecule has 0 aliphatic rings. The smallest absolute Gasteiger partial charge is 0.240 e. The zero-order valence-corrected chi connectivity index (χ0v) is 11.9. The fourth-order valence-electron chi connectivity index (χ4n) is 1.39. The number of ether oxygens (including phenoxy) is 1. The molecule has 1 rings (SSSR count). The number of nitrogens with one attached hydrogen (secondary N) is 2. The van der Waals surface area contributed by atoms with Gasteiger partial charge in [0.15, 0.2) is 0 Å². The topological polar surface area (TPSA) is 105 Å². The molecule has 7 nitrogen and oxygen atoms in total. The minimum atomic E-state index is -3.66. The Labute approximate surface area is 118 Å². The van der Waals surface area contributed by atoms with Crippen LogP contribution in [0.3, 0.4) is 0 Å². The number of rotatable bonds is 8. The number of methoxy groups -OCH3 is 1. The van der Waals surface area contributed by atoms with E-state index in [1.165, 1.54) is 31.4 Å². The van der Waals surface area contributed by atoms with E-state index in [1.807, 2.05) is 0 Å². The lowest BCUT2D eigenvalue weighted by molar-refractivity contribution is -0.121. The second kappa shape index (κ2) is 7.83. The Bertz CT molecular complexity index is 527. The third-order valence-electron chi connectivity index (χ3n) is 2.42. The minimum absolute atomic E-state index is 0.00201. The van der Waals surface area contributed by atoms with Crippen molar-refractivity contribution in [2.24, 2.45) is 0 Å². The summed E-state index contributed by atoms with van der Waals surface area (Å²) >= 11 is 0. The lowest BCUT2D eigenvalue weighted by atomic mass is 10.3. The number of phenolic OH excluding ortho intramolecular Hbond substituents is 1. The van der Waals surface area contributed by atoms with Crippen LogP contribution in [0.4, 0.5) is 0 Å². The number of phenols is 1. The van der Waals surface area contributed by atoms with Gasteiger partial charge in [0.2, 0.25) is 15.9 Å². The third-order valence-corrected chi connectivity index (χ3v) is 3.90. The minimum Gasteiger partial charge on any atom is -0.508 e. The van der Waals surface area contributed by atoms with Gasteiger partial charge in [-0.2, -0.15) is 0 Å². The number of hydrogen-bond acceptors (Lipinski definition) is 5. The first-order valence-electron chi connectivity index (χ1n) is 6.00. The van der Waals surface area contributed by atoms with E-state index in [9.17, 15) is 13.2 Å². The summed E-state index contributed by atoms with van der Waals surface area (Å²) in [5, 5.41) is 11.7. The molecule has 0 spiro atoms. The first-order chi connectivity index (χ1) is 9.45. The first-order valence-corrected chi connectivity index (χ1v) is 7.48. The number of carbonyl (C=O) groups is 1. The zero-order valence-electron chi connectivity index (χ0n) is 11.1. The molecule has 0 atom stereocenters. The second-order valence-electron chi connectivity index (χ2n) is 3.98. The number of hydrogen-bond donors (Lipinski definition) is 3. The number of carbonyl (C=O) groups excluding carboxylic acids is 1. The Morgan fingerprint density at radius 3 is 2.50 bits per heavy atom. The van der Waals surface area contributed by atoms with Gasteiger partial charge in [0.25, 0.3) is 0 Å². The van der Waals surface area contributed by atoms with E-state index >= 15 is 0 Å².